The number of hydrogen-bond donors (Lipinski definition) is 0. The molecular formula is C11H12N2O2. The van der Waals surface area contributed by atoms with E-state index < -0.39 is 0 Å². The maximum Gasteiger partial charge on any atom is 0.339 e. The average molecular weight is 204 g/mol. The number of ether oxygens (including phenoxy) is 1. The number of aryl methyl sites for hydroxylation is 2. The third-order valence-electron chi connectivity index (χ3n) is 2.57. The summed E-state index contributed by atoms with van der Waals surface area (Å²) < 4.78 is 6.61. The molecule has 4 nitrogen and oxygen atoms in total. The van der Waals surface area contributed by atoms with Crippen LogP contribution in [0.25, 0.3) is 11.0 Å². The number of nitrogens with zero attached hydrogens (tertiary/aromatic N) is 2. The van der Waals surface area contributed by atoms with Crippen molar-refractivity contribution in [1.29, 1.82) is 0 Å². The summed E-state index contributed by atoms with van der Waals surface area (Å²) in [6, 6.07) is 1.95. The monoisotopic (exact) mass is 204 g/mol. The van der Waals surface area contributed by atoms with Gasteiger partial charge in [0, 0.05) is 24.8 Å². The first-order valence-electron chi connectivity index (χ1n) is 4.64. The second kappa shape index (κ2) is 3.38. The molecule has 0 aliphatic carbocycles. The third-order valence-corrected chi connectivity index (χ3v) is 2.57. The Hall–Kier alpha value is -1.84. The van der Waals surface area contributed by atoms with E-state index in [0.29, 0.717) is 5.56 Å². The highest BCUT2D eigenvalue weighted by molar-refractivity contribution is 5.96. The van der Waals surface area contributed by atoms with E-state index in [9.17, 15) is 4.79 Å². The lowest BCUT2D eigenvalue weighted by atomic mass is 10.1. The second-order valence-corrected chi connectivity index (χ2v) is 3.45. The van der Waals surface area contributed by atoms with E-state index in [-0.39, 0.29) is 5.97 Å². The van der Waals surface area contributed by atoms with Crippen LogP contribution in [0.5, 0.6) is 0 Å². The number of esters is 1. The smallest absolute Gasteiger partial charge is 0.339 e. The molecule has 4 heteroatoms. The number of carbonyl (C=O) groups is 1. The van der Waals surface area contributed by atoms with Crippen molar-refractivity contribution < 1.29 is 9.53 Å². The van der Waals surface area contributed by atoms with Crippen molar-refractivity contribution in [3.8, 4) is 0 Å². The van der Waals surface area contributed by atoms with Gasteiger partial charge in [-0.25, -0.2) is 9.78 Å². The SMILES string of the molecule is COC(=O)c1cnc2c(ccn2C)c1C. The van der Waals surface area contributed by atoms with Gasteiger partial charge in [-0.05, 0) is 18.6 Å². The summed E-state index contributed by atoms with van der Waals surface area (Å²) in [4.78, 5) is 15.6. The number of hydrogen-bond acceptors (Lipinski definition) is 3. The zero-order valence-electron chi connectivity index (χ0n) is 8.94. The number of aromatic nitrogens is 2. The predicted octanol–water partition coefficient (Wildman–Crippen LogP) is 1.67. The van der Waals surface area contributed by atoms with Gasteiger partial charge in [0.05, 0.1) is 12.7 Å². The van der Waals surface area contributed by atoms with Gasteiger partial charge in [0.2, 0.25) is 0 Å². The largest absolute Gasteiger partial charge is 0.465 e. The van der Waals surface area contributed by atoms with Crippen LogP contribution in [0.15, 0.2) is 18.5 Å². The lowest BCUT2D eigenvalue weighted by Gasteiger charge is -2.04. The molecule has 0 radical (unpaired) electrons. The fraction of sp³-hybridized carbons (Fsp3) is 0.273. The molecule has 2 rings (SSSR count). The van der Waals surface area contributed by atoms with Gasteiger partial charge in [-0.15, -0.1) is 0 Å². The van der Waals surface area contributed by atoms with Gasteiger partial charge >= 0.3 is 5.97 Å². The molecule has 0 aliphatic heterocycles. The Bertz CT molecular complexity index is 529. The topological polar surface area (TPSA) is 44.1 Å². The van der Waals surface area contributed by atoms with Crippen molar-refractivity contribution in [2.24, 2.45) is 7.05 Å². The molecule has 0 aliphatic rings. The molecule has 2 aromatic heterocycles. The van der Waals surface area contributed by atoms with Crippen molar-refractivity contribution in [3.05, 3.63) is 29.6 Å². The van der Waals surface area contributed by atoms with Crippen LogP contribution >= 0.6 is 0 Å². The van der Waals surface area contributed by atoms with E-state index in [1.165, 1.54) is 7.11 Å². The number of carbonyl (C=O) groups excluding carboxylic acids is 1. The Labute approximate surface area is 87.5 Å². The summed E-state index contributed by atoms with van der Waals surface area (Å²) in [5, 5.41) is 0.986. The molecule has 78 valence electrons. The van der Waals surface area contributed by atoms with Gasteiger partial charge < -0.3 is 9.30 Å². The van der Waals surface area contributed by atoms with E-state index in [1.54, 1.807) is 6.20 Å². The maximum atomic E-state index is 11.4. The van der Waals surface area contributed by atoms with Crippen LogP contribution in [0.1, 0.15) is 15.9 Å². The van der Waals surface area contributed by atoms with Gasteiger partial charge in [0.15, 0.2) is 0 Å². The number of pyridine rings is 1. The highest BCUT2D eigenvalue weighted by Gasteiger charge is 2.13. The molecule has 0 saturated heterocycles. The minimum absolute atomic E-state index is 0.342. The molecule has 0 unspecified atom stereocenters. The highest BCUT2D eigenvalue weighted by atomic mass is 16.5. The van der Waals surface area contributed by atoms with Crippen molar-refractivity contribution >= 4 is 17.0 Å². The van der Waals surface area contributed by atoms with Crippen molar-refractivity contribution in [2.75, 3.05) is 7.11 Å². The van der Waals surface area contributed by atoms with Crippen LogP contribution in [-0.4, -0.2) is 22.6 Å². The van der Waals surface area contributed by atoms with Crippen LogP contribution in [0.4, 0.5) is 0 Å². The lowest BCUT2D eigenvalue weighted by molar-refractivity contribution is 0.0599. The van der Waals surface area contributed by atoms with E-state index in [1.807, 2.05) is 30.8 Å². The zero-order valence-corrected chi connectivity index (χ0v) is 8.94. The Kier molecular flexibility index (Phi) is 2.19. The molecule has 0 aromatic carbocycles. The molecule has 0 saturated carbocycles. The fourth-order valence-corrected chi connectivity index (χ4v) is 1.66. The van der Waals surface area contributed by atoms with Gasteiger partial charge in [0.1, 0.15) is 5.65 Å². The summed E-state index contributed by atoms with van der Waals surface area (Å²) in [6.07, 6.45) is 3.48. The van der Waals surface area contributed by atoms with Crippen LogP contribution in [0.2, 0.25) is 0 Å². The number of methoxy groups -OCH3 is 1. The average Bonchev–Trinajstić information content (AvgIpc) is 2.61. The minimum Gasteiger partial charge on any atom is -0.465 e. The van der Waals surface area contributed by atoms with E-state index in [2.05, 4.69) is 9.72 Å². The first-order valence-corrected chi connectivity index (χ1v) is 4.64. The summed E-state index contributed by atoms with van der Waals surface area (Å²) in [7, 11) is 3.30. The Morgan fingerprint density at radius 2 is 2.27 bits per heavy atom. The minimum atomic E-state index is -0.342. The normalized spacial score (nSPS) is 10.6. The van der Waals surface area contributed by atoms with Crippen LogP contribution in [0, 0.1) is 6.92 Å². The third kappa shape index (κ3) is 1.38. The van der Waals surface area contributed by atoms with Crippen molar-refractivity contribution in [1.82, 2.24) is 9.55 Å². The predicted molar refractivity (Wildman–Crippen MR) is 56.8 cm³/mol. The van der Waals surface area contributed by atoms with Crippen LogP contribution < -0.4 is 0 Å². The quantitative estimate of drug-likeness (QED) is 0.664. The van der Waals surface area contributed by atoms with Gasteiger partial charge in [-0.3, -0.25) is 0 Å². The molecule has 0 amide bonds. The molecule has 0 N–H and O–H groups in total. The van der Waals surface area contributed by atoms with E-state index >= 15 is 0 Å². The molecule has 2 aromatic rings. The summed E-state index contributed by atoms with van der Waals surface area (Å²) >= 11 is 0. The Morgan fingerprint density at radius 1 is 1.53 bits per heavy atom. The molecule has 0 spiro atoms. The molecule has 15 heavy (non-hydrogen) atoms. The molecule has 0 atom stereocenters. The van der Waals surface area contributed by atoms with E-state index in [0.717, 1.165) is 16.6 Å². The number of rotatable bonds is 1. The summed E-state index contributed by atoms with van der Waals surface area (Å²) in [6.45, 7) is 1.90. The first-order chi connectivity index (χ1) is 7.15. The van der Waals surface area contributed by atoms with Gasteiger partial charge in [-0.1, -0.05) is 0 Å². The fourth-order valence-electron chi connectivity index (χ4n) is 1.66. The Balaban J connectivity index is 2.71. The van der Waals surface area contributed by atoms with Crippen molar-refractivity contribution in [2.45, 2.75) is 6.92 Å². The maximum absolute atomic E-state index is 11.4. The molecular weight excluding hydrogens is 192 g/mol. The molecule has 2 heterocycles. The first kappa shape index (κ1) is 9.71. The summed E-state index contributed by atoms with van der Waals surface area (Å²) in [5.74, 6) is -0.342. The van der Waals surface area contributed by atoms with Gasteiger partial charge in [0.25, 0.3) is 0 Å². The lowest BCUT2D eigenvalue weighted by Crippen LogP contribution is -2.05. The zero-order chi connectivity index (χ0) is 11.0. The standard InChI is InChI=1S/C11H12N2O2/c1-7-8-4-5-13(2)10(8)12-6-9(7)11(14)15-3/h4-6H,1-3H3. The molecule has 0 fully saturated rings. The highest BCUT2D eigenvalue weighted by Crippen LogP contribution is 2.20. The second-order valence-electron chi connectivity index (χ2n) is 3.45. The van der Waals surface area contributed by atoms with E-state index in [4.69, 9.17) is 0 Å². The number of fused-ring (bicyclic) bond motifs is 1. The van der Waals surface area contributed by atoms with Gasteiger partial charge in [-0.2, -0.15) is 0 Å². The van der Waals surface area contributed by atoms with Crippen LogP contribution in [0.3, 0.4) is 0 Å². The Morgan fingerprint density at radius 3 is 2.93 bits per heavy atom. The van der Waals surface area contributed by atoms with Crippen LogP contribution in [-0.2, 0) is 11.8 Å². The van der Waals surface area contributed by atoms with Crippen molar-refractivity contribution in [3.63, 3.8) is 0 Å². The summed E-state index contributed by atoms with van der Waals surface area (Å²) in [5.41, 5.74) is 2.31. The molecule has 0 bridgehead atoms.